The first kappa shape index (κ1) is 29.6. The number of fused-ring (bicyclic) bond motifs is 2. The van der Waals surface area contributed by atoms with Gasteiger partial charge in [-0.3, -0.25) is 4.79 Å². The number of carboxylic acid groups (broad SMARTS) is 1. The first-order chi connectivity index (χ1) is 19.8. The number of methoxy groups -OCH3 is 1. The fourth-order valence-electron chi connectivity index (χ4n) is 6.20. The summed E-state index contributed by atoms with van der Waals surface area (Å²) in [4.78, 5) is 28.4. The number of hydrogen-bond donors (Lipinski definition) is 1. The first-order valence-corrected chi connectivity index (χ1v) is 14.3. The second kappa shape index (κ2) is 11.1. The molecular formula is C34H38FNO6. The molecule has 1 N–H and O–H groups in total. The standard InChI is InChI=1S/C34H38FNO6/c1-18-13-21(16-22(14-18)40-7)32(37)36-11-10-24-27(36)15-19(2)28(31(33(38)39)42-34(4,5)6)29(24)25-17-26(35)30-23(20(25)3)9-8-12-41-30/h13-17,31H,8-12H2,1-7H3,(H,38,39). The van der Waals surface area contributed by atoms with Gasteiger partial charge in [-0.2, -0.15) is 0 Å². The van der Waals surface area contributed by atoms with Gasteiger partial charge < -0.3 is 24.2 Å². The van der Waals surface area contributed by atoms with Crippen molar-refractivity contribution in [1.82, 2.24) is 0 Å². The van der Waals surface area contributed by atoms with Gasteiger partial charge >= 0.3 is 5.97 Å². The molecule has 3 aromatic carbocycles. The molecule has 2 aliphatic heterocycles. The molecule has 0 spiro atoms. The molecule has 7 nitrogen and oxygen atoms in total. The van der Waals surface area contributed by atoms with Crippen LogP contribution in [0.3, 0.4) is 0 Å². The summed E-state index contributed by atoms with van der Waals surface area (Å²) in [6, 6.07) is 8.72. The van der Waals surface area contributed by atoms with Crippen molar-refractivity contribution in [2.24, 2.45) is 0 Å². The Kier molecular flexibility index (Phi) is 7.79. The number of carbonyl (C=O) groups excluding carboxylic acids is 1. The topological polar surface area (TPSA) is 85.3 Å². The van der Waals surface area contributed by atoms with Crippen LogP contribution in [-0.4, -0.2) is 42.8 Å². The predicted molar refractivity (Wildman–Crippen MR) is 159 cm³/mol. The number of rotatable bonds is 6. The zero-order valence-corrected chi connectivity index (χ0v) is 25.3. The number of anilines is 1. The maximum Gasteiger partial charge on any atom is 0.337 e. The number of nitrogens with zero attached hydrogens (tertiary/aromatic N) is 1. The number of aliphatic carboxylic acids is 1. The van der Waals surface area contributed by atoms with Crippen LogP contribution in [0.5, 0.6) is 11.5 Å². The number of amides is 1. The Labute approximate surface area is 246 Å². The number of aryl methyl sites for hydroxylation is 2. The third kappa shape index (κ3) is 5.36. The molecule has 2 aliphatic rings. The van der Waals surface area contributed by atoms with Gasteiger partial charge in [-0.25, -0.2) is 9.18 Å². The van der Waals surface area contributed by atoms with Crippen molar-refractivity contribution in [1.29, 1.82) is 0 Å². The van der Waals surface area contributed by atoms with Crippen LogP contribution in [0.25, 0.3) is 11.1 Å². The second-order valence-corrected chi connectivity index (χ2v) is 12.2. The maximum atomic E-state index is 15.6. The number of carbonyl (C=O) groups is 2. The minimum absolute atomic E-state index is 0.184. The van der Waals surface area contributed by atoms with Gasteiger partial charge in [-0.1, -0.05) is 0 Å². The molecular weight excluding hydrogens is 537 g/mol. The van der Waals surface area contributed by atoms with Gasteiger partial charge in [0.1, 0.15) is 5.75 Å². The Morgan fingerprint density at radius 3 is 2.45 bits per heavy atom. The summed E-state index contributed by atoms with van der Waals surface area (Å²) < 4.78 is 32.8. The van der Waals surface area contributed by atoms with Gasteiger partial charge in [-0.05, 0) is 125 Å². The molecule has 0 bridgehead atoms. The lowest BCUT2D eigenvalue weighted by atomic mass is 9.83. The summed E-state index contributed by atoms with van der Waals surface area (Å²) in [5.41, 5.74) is 6.08. The molecule has 0 radical (unpaired) electrons. The number of halogens is 1. The highest BCUT2D eigenvalue weighted by Crippen LogP contribution is 2.48. The van der Waals surface area contributed by atoms with Gasteiger partial charge in [-0.15, -0.1) is 0 Å². The lowest BCUT2D eigenvalue weighted by Gasteiger charge is -2.30. The third-order valence-corrected chi connectivity index (χ3v) is 7.98. The van der Waals surface area contributed by atoms with E-state index in [2.05, 4.69) is 0 Å². The molecule has 0 fully saturated rings. The summed E-state index contributed by atoms with van der Waals surface area (Å²) in [7, 11) is 1.56. The highest BCUT2D eigenvalue weighted by atomic mass is 19.1. The van der Waals surface area contributed by atoms with Crippen molar-refractivity contribution in [3.05, 3.63) is 75.1 Å². The average molecular weight is 576 g/mol. The molecule has 1 atom stereocenters. The molecule has 5 rings (SSSR count). The Bertz CT molecular complexity index is 1590. The largest absolute Gasteiger partial charge is 0.497 e. The van der Waals surface area contributed by atoms with E-state index in [4.69, 9.17) is 14.2 Å². The van der Waals surface area contributed by atoms with Crippen LogP contribution in [-0.2, 0) is 22.4 Å². The smallest absolute Gasteiger partial charge is 0.337 e. The van der Waals surface area contributed by atoms with E-state index in [0.29, 0.717) is 65.2 Å². The summed E-state index contributed by atoms with van der Waals surface area (Å²) in [5, 5.41) is 10.4. The Morgan fingerprint density at radius 1 is 1.05 bits per heavy atom. The Hall–Kier alpha value is -3.91. The lowest BCUT2D eigenvalue weighted by Crippen LogP contribution is -2.30. The molecule has 2 heterocycles. The first-order valence-electron chi connectivity index (χ1n) is 14.3. The van der Waals surface area contributed by atoms with Crippen LogP contribution < -0.4 is 14.4 Å². The summed E-state index contributed by atoms with van der Waals surface area (Å²) in [6.45, 7) is 11.9. The van der Waals surface area contributed by atoms with Crippen molar-refractivity contribution in [3.63, 3.8) is 0 Å². The van der Waals surface area contributed by atoms with Crippen LogP contribution in [0.15, 0.2) is 30.3 Å². The molecule has 3 aromatic rings. The van der Waals surface area contributed by atoms with Crippen LogP contribution in [0, 0.1) is 26.6 Å². The van der Waals surface area contributed by atoms with Crippen LogP contribution in [0.4, 0.5) is 10.1 Å². The molecule has 0 saturated heterocycles. The number of carboxylic acids is 1. The van der Waals surface area contributed by atoms with E-state index in [1.807, 2.05) is 59.7 Å². The minimum atomic E-state index is -1.30. The minimum Gasteiger partial charge on any atom is -0.497 e. The quantitative estimate of drug-likeness (QED) is 0.344. The van der Waals surface area contributed by atoms with Crippen molar-refractivity contribution >= 4 is 17.6 Å². The molecule has 222 valence electrons. The monoisotopic (exact) mass is 575 g/mol. The molecule has 0 aliphatic carbocycles. The van der Waals surface area contributed by atoms with E-state index in [-0.39, 0.29) is 11.7 Å². The molecule has 0 saturated carbocycles. The van der Waals surface area contributed by atoms with Gasteiger partial charge in [0.15, 0.2) is 17.7 Å². The zero-order chi connectivity index (χ0) is 30.5. The normalized spacial score (nSPS) is 15.1. The second-order valence-electron chi connectivity index (χ2n) is 12.2. The van der Waals surface area contributed by atoms with E-state index in [1.54, 1.807) is 18.1 Å². The SMILES string of the molecule is COc1cc(C)cc(C(=O)N2CCc3c2cc(C)c(C(OC(C)(C)C)C(=O)O)c3-c2cc(F)c3c(c2C)CCCO3)c1. The molecule has 1 amide bonds. The Balaban J connectivity index is 1.76. The van der Waals surface area contributed by atoms with Gasteiger partial charge in [0.05, 0.1) is 19.3 Å². The highest BCUT2D eigenvalue weighted by molar-refractivity contribution is 6.08. The van der Waals surface area contributed by atoms with Gasteiger partial charge in [0.2, 0.25) is 0 Å². The average Bonchev–Trinajstić information content (AvgIpc) is 3.35. The molecule has 1 unspecified atom stereocenters. The van der Waals surface area contributed by atoms with Crippen LogP contribution >= 0.6 is 0 Å². The van der Waals surface area contributed by atoms with Crippen molar-refractivity contribution in [2.45, 2.75) is 72.5 Å². The van der Waals surface area contributed by atoms with Gasteiger partial charge in [0, 0.05) is 28.9 Å². The number of benzene rings is 3. The highest BCUT2D eigenvalue weighted by Gasteiger charge is 2.37. The van der Waals surface area contributed by atoms with E-state index >= 15 is 4.39 Å². The summed E-state index contributed by atoms with van der Waals surface area (Å²) in [5.74, 6) is -0.939. The lowest BCUT2D eigenvalue weighted by molar-refractivity contribution is -0.160. The van der Waals surface area contributed by atoms with Crippen molar-refractivity contribution in [2.75, 3.05) is 25.2 Å². The summed E-state index contributed by atoms with van der Waals surface area (Å²) in [6.07, 6.45) is 0.604. The van der Waals surface area contributed by atoms with Crippen molar-refractivity contribution in [3.8, 4) is 22.6 Å². The third-order valence-electron chi connectivity index (χ3n) is 7.98. The fourth-order valence-corrected chi connectivity index (χ4v) is 6.20. The van der Waals surface area contributed by atoms with Crippen LogP contribution in [0.2, 0.25) is 0 Å². The predicted octanol–water partition coefficient (Wildman–Crippen LogP) is 6.90. The Morgan fingerprint density at radius 2 is 1.79 bits per heavy atom. The number of ether oxygens (including phenoxy) is 3. The van der Waals surface area contributed by atoms with E-state index in [9.17, 15) is 14.7 Å². The summed E-state index contributed by atoms with van der Waals surface area (Å²) >= 11 is 0. The zero-order valence-electron chi connectivity index (χ0n) is 25.3. The van der Waals surface area contributed by atoms with E-state index in [1.165, 1.54) is 6.07 Å². The van der Waals surface area contributed by atoms with Gasteiger partial charge in [0.25, 0.3) is 5.91 Å². The molecule has 42 heavy (non-hydrogen) atoms. The maximum absolute atomic E-state index is 15.6. The van der Waals surface area contributed by atoms with E-state index in [0.717, 1.165) is 28.7 Å². The fraction of sp³-hybridized carbons (Fsp3) is 0.412. The number of hydrogen-bond acceptors (Lipinski definition) is 5. The molecule has 8 heteroatoms. The molecule has 0 aromatic heterocycles. The van der Waals surface area contributed by atoms with Crippen LogP contribution in [0.1, 0.15) is 77.0 Å². The van der Waals surface area contributed by atoms with Crippen molar-refractivity contribution < 1.29 is 33.3 Å². The van der Waals surface area contributed by atoms with E-state index < -0.39 is 23.5 Å².